The molecule has 1 aliphatic heterocycles. The number of nitrogens with zero attached hydrogens (tertiary/aromatic N) is 1. The SMILES string of the molecule is O=C1/C(=C\c2ccc(-c3cccc(C(F)(F)F)c3)o2)SC(=S)N1Cc1ccco1. The summed E-state index contributed by atoms with van der Waals surface area (Å²) in [6, 6.07) is 11.5. The van der Waals surface area contributed by atoms with Gasteiger partial charge in [0.25, 0.3) is 5.91 Å². The minimum Gasteiger partial charge on any atom is -0.467 e. The van der Waals surface area contributed by atoms with E-state index in [0.717, 1.165) is 23.9 Å². The van der Waals surface area contributed by atoms with Crippen LogP contribution in [-0.4, -0.2) is 15.1 Å². The van der Waals surface area contributed by atoms with Crippen LogP contribution in [0.25, 0.3) is 17.4 Å². The van der Waals surface area contributed by atoms with E-state index in [1.54, 1.807) is 24.3 Å². The Morgan fingerprint density at radius 1 is 1.14 bits per heavy atom. The van der Waals surface area contributed by atoms with Crippen LogP contribution in [0.1, 0.15) is 17.1 Å². The second-order valence-electron chi connectivity index (χ2n) is 6.13. The Kier molecular flexibility index (Phi) is 5.10. The van der Waals surface area contributed by atoms with Crippen molar-refractivity contribution in [2.24, 2.45) is 0 Å². The number of amides is 1. The molecule has 0 spiro atoms. The number of furan rings is 2. The fraction of sp³-hybridized carbons (Fsp3) is 0.100. The maximum Gasteiger partial charge on any atom is 0.416 e. The molecule has 0 unspecified atom stereocenters. The summed E-state index contributed by atoms with van der Waals surface area (Å²) in [6.45, 7) is 0.225. The van der Waals surface area contributed by atoms with Gasteiger partial charge in [-0.05, 0) is 36.4 Å². The van der Waals surface area contributed by atoms with E-state index in [4.69, 9.17) is 21.1 Å². The summed E-state index contributed by atoms with van der Waals surface area (Å²) in [7, 11) is 0. The van der Waals surface area contributed by atoms with Crippen LogP contribution >= 0.6 is 24.0 Å². The number of thioether (sulfide) groups is 1. The van der Waals surface area contributed by atoms with Crippen molar-refractivity contribution in [1.82, 2.24) is 4.90 Å². The Bertz CT molecular complexity index is 1100. The Morgan fingerprint density at radius 3 is 2.69 bits per heavy atom. The third kappa shape index (κ3) is 4.15. The van der Waals surface area contributed by atoms with Crippen LogP contribution in [0.4, 0.5) is 13.2 Å². The molecule has 1 aliphatic rings. The van der Waals surface area contributed by atoms with Crippen molar-refractivity contribution in [2.45, 2.75) is 12.7 Å². The molecule has 0 atom stereocenters. The van der Waals surface area contributed by atoms with Gasteiger partial charge >= 0.3 is 6.18 Å². The summed E-state index contributed by atoms with van der Waals surface area (Å²) in [5, 5.41) is 0. The number of rotatable bonds is 4. The minimum atomic E-state index is -4.44. The summed E-state index contributed by atoms with van der Waals surface area (Å²) in [6.07, 6.45) is -1.40. The highest BCUT2D eigenvalue weighted by Crippen LogP contribution is 2.36. The summed E-state index contributed by atoms with van der Waals surface area (Å²) in [5.74, 6) is 0.935. The minimum absolute atomic E-state index is 0.225. The van der Waals surface area contributed by atoms with Gasteiger partial charge in [0.2, 0.25) is 0 Å². The molecular weight excluding hydrogens is 423 g/mol. The third-order valence-corrected chi connectivity index (χ3v) is 5.52. The van der Waals surface area contributed by atoms with Crippen LogP contribution in [0.5, 0.6) is 0 Å². The van der Waals surface area contributed by atoms with Crippen LogP contribution < -0.4 is 0 Å². The van der Waals surface area contributed by atoms with E-state index in [9.17, 15) is 18.0 Å². The molecule has 9 heteroatoms. The molecular formula is C20H12F3NO3S2. The first kappa shape index (κ1) is 19.5. The average molecular weight is 435 g/mol. The van der Waals surface area contributed by atoms with E-state index in [-0.39, 0.29) is 18.2 Å². The second kappa shape index (κ2) is 7.57. The molecule has 29 heavy (non-hydrogen) atoms. The van der Waals surface area contributed by atoms with E-state index in [1.165, 1.54) is 29.4 Å². The van der Waals surface area contributed by atoms with Crippen LogP contribution in [0.15, 0.2) is 68.5 Å². The van der Waals surface area contributed by atoms with Gasteiger partial charge in [0, 0.05) is 11.6 Å². The largest absolute Gasteiger partial charge is 0.467 e. The third-order valence-electron chi connectivity index (χ3n) is 4.14. The Balaban J connectivity index is 1.55. The zero-order valence-electron chi connectivity index (χ0n) is 14.6. The summed E-state index contributed by atoms with van der Waals surface area (Å²) < 4.78 is 50.0. The first-order valence-electron chi connectivity index (χ1n) is 8.36. The van der Waals surface area contributed by atoms with Crippen LogP contribution in [0.2, 0.25) is 0 Å². The predicted molar refractivity (Wildman–Crippen MR) is 107 cm³/mol. The second-order valence-corrected chi connectivity index (χ2v) is 7.80. The molecule has 0 saturated carbocycles. The molecule has 4 nitrogen and oxygen atoms in total. The summed E-state index contributed by atoms with van der Waals surface area (Å²) in [5.41, 5.74) is -0.461. The number of hydrogen-bond donors (Lipinski definition) is 0. The zero-order chi connectivity index (χ0) is 20.6. The fourth-order valence-electron chi connectivity index (χ4n) is 2.76. The quantitative estimate of drug-likeness (QED) is 0.374. The lowest BCUT2D eigenvalue weighted by molar-refractivity contribution is -0.137. The van der Waals surface area contributed by atoms with Gasteiger partial charge in [0.15, 0.2) is 0 Å². The van der Waals surface area contributed by atoms with E-state index in [0.29, 0.717) is 26.3 Å². The van der Waals surface area contributed by atoms with E-state index < -0.39 is 11.7 Å². The number of benzene rings is 1. The number of thiocarbonyl (C=S) groups is 1. The first-order valence-corrected chi connectivity index (χ1v) is 9.59. The molecule has 0 N–H and O–H groups in total. The molecule has 0 bridgehead atoms. The molecule has 0 aliphatic carbocycles. The highest BCUT2D eigenvalue weighted by molar-refractivity contribution is 8.26. The van der Waals surface area contributed by atoms with Crippen molar-refractivity contribution < 1.29 is 26.8 Å². The van der Waals surface area contributed by atoms with Crippen LogP contribution in [0.3, 0.4) is 0 Å². The normalized spacial score (nSPS) is 16.2. The predicted octanol–water partition coefficient (Wildman–Crippen LogP) is 5.96. The van der Waals surface area contributed by atoms with Gasteiger partial charge in [-0.2, -0.15) is 13.2 Å². The molecule has 1 fully saturated rings. The number of carbonyl (C=O) groups is 1. The maximum absolute atomic E-state index is 12.9. The van der Waals surface area contributed by atoms with Crippen molar-refractivity contribution >= 4 is 40.3 Å². The van der Waals surface area contributed by atoms with Crippen molar-refractivity contribution in [3.63, 3.8) is 0 Å². The Labute approximate surface area is 173 Å². The van der Waals surface area contributed by atoms with Crippen molar-refractivity contribution in [1.29, 1.82) is 0 Å². The van der Waals surface area contributed by atoms with Crippen LogP contribution in [-0.2, 0) is 17.5 Å². The van der Waals surface area contributed by atoms with Gasteiger partial charge in [0.05, 0.1) is 23.3 Å². The van der Waals surface area contributed by atoms with E-state index in [1.807, 2.05) is 0 Å². The average Bonchev–Trinajstić information content (AvgIpc) is 3.40. The van der Waals surface area contributed by atoms with Crippen molar-refractivity contribution in [3.05, 3.63) is 76.8 Å². The highest BCUT2D eigenvalue weighted by atomic mass is 32.2. The molecule has 3 heterocycles. The van der Waals surface area contributed by atoms with Gasteiger partial charge < -0.3 is 8.83 Å². The molecule has 1 aromatic carbocycles. The monoisotopic (exact) mass is 435 g/mol. The standard InChI is InChI=1S/C20H12F3NO3S2/c21-20(22,23)13-4-1-3-12(9-13)16-7-6-14(27-16)10-17-18(25)24(19(28)29-17)11-15-5-2-8-26-15/h1-10H,11H2/b17-10+. The molecule has 1 saturated heterocycles. The van der Waals surface area contributed by atoms with Crippen molar-refractivity contribution in [3.8, 4) is 11.3 Å². The molecule has 148 valence electrons. The molecule has 1 amide bonds. The lowest BCUT2D eigenvalue weighted by Gasteiger charge is -2.11. The van der Waals surface area contributed by atoms with Gasteiger partial charge in [0.1, 0.15) is 21.6 Å². The van der Waals surface area contributed by atoms with Gasteiger partial charge in [-0.3, -0.25) is 9.69 Å². The van der Waals surface area contributed by atoms with E-state index >= 15 is 0 Å². The Hall–Kier alpha value is -2.78. The smallest absolute Gasteiger partial charge is 0.416 e. The first-order chi connectivity index (χ1) is 13.8. The molecule has 4 rings (SSSR count). The van der Waals surface area contributed by atoms with Crippen LogP contribution in [0, 0.1) is 0 Å². The summed E-state index contributed by atoms with van der Waals surface area (Å²) >= 11 is 6.39. The number of carbonyl (C=O) groups excluding carboxylic acids is 1. The van der Waals surface area contributed by atoms with Crippen molar-refractivity contribution in [2.75, 3.05) is 0 Å². The number of hydrogen-bond acceptors (Lipinski definition) is 5. The molecule has 2 aromatic heterocycles. The van der Waals surface area contributed by atoms with Gasteiger partial charge in [-0.25, -0.2) is 0 Å². The van der Waals surface area contributed by atoms with Gasteiger partial charge in [-0.1, -0.05) is 36.1 Å². The highest BCUT2D eigenvalue weighted by Gasteiger charge is 2.33. The summed E-state index contributed by atoms with van der Waals surface area (Å²) in [4.78, 5) is 14.4. The lowest BCUT2D eigenvalue weighted by atomic mass is 10.1. The molecule has 3 aromatic rings. The number of halogens is 3. The van der Waals surface area contributed by atoms with Gasteiger partial charge in [-0.15, -0.1) is 0 Å². The van der Waals surface area contributed by atoms with E-state index in [2.05, 4.69) is 0 Å². The lowest BCUT2D eigenvalue weighted by Crippen LogP contribution is -2.27. The molecule has 0 radical (unpaired) electrons. The Morgan fingerprint density at radius 2 is 1.97 bits per heavy atom. The fourth-order valence-corrected chi connectivity index (χ4v) is 3.99. The number of alkyl halides is 3. The topological polar surface area (TPSA) is 46.6 Å². The maximum atomic E-state index is 12.9. The zero-order valence-corrected chi connectivity index (χ0v) is 16.2.